The van der Waals surface area contributed by atoms with E-state index in [1.54, 1.807) is 6.07 Å². The Labute approximate surface area is 126 Å². The van der Waals surface area contributed by atoms with Gasteiger partial charge in [-0.3, -0.25) is 4.79 Å². The van der Waals surface area contributed by atoms with Gasteiger partial charge in [0.1, 0.15) is 0 Å². The molecule has 0 saturated heterocycles. The van der Waals surface area contributed by atoms with Crippen molar-refractivity contribution in [1.82, 2.24) is 0 Å². The Morgan fingerprint density at radius 3 is 2.65 bits per heavy atom. The van der Waals surface area contributed by atoms with Gasteiger partial charge in [0.15, 0.2) is 0 Å². The highest BCUT2D eigenvalue weighted by molar-refractivity contribution is 6.33. The average Bonchev–Trinajstić information content (AvgIpc) is 2.77. The number of halogens is 2. The largest absolute Gasteiger partial charge is 0.380 e. The minimum atomic E-state index is 0.00548. The maximum Gasteiger partial charge on any atom is 0.228 e. The van der Waals surface area contributed by atoms with Crippen molar-refractivity contribution < 1.29 is 4.79 Å². The minimum Gasteiger partial charge on any atom is -0.380 e. The lowest BCUT2D eigenvalue weighted by Crippen LogP contribution is -2.03. The van der Waals surface area contributed by atoms with E-state index in [4.69, 9.17) is 23.2 Å². The van der Waals surface area contributed by atoms with Crippen LogP contribution in [0, 0.1) is 0 Å². The molecule has 0 aliphatic carbocycles. The fourth-order valence-corrected chi connectivity index (χ4v) is 2.54. The van der Waals surface area contributed by atoms with Crippen LogP contribution in [0.4, 0.5) is 11.4 Å². The van der Waals surface area contributed by atoms with Crippen molar-refractivity contribution in [3.8, 4) is 0 Å². The molecule has 3 nitrogen and oxygen atoms in total. The summed E-state index contributed by atoms with van der Waals surface area (Å²) in [5.74, 6) is 0.00548. The topological polar surface area (TPSA) is 41.1 Å². The number of hydrogen-bond donors (Lipinski definition) is 2. The van der Waals surface area contributed by atoms with Crippen LogP contribution in [0.2, 0.25) is 10.0 Å². The fraction of sp³-hybridized carbons (Fsp3) is 0.133. The second-order valence-corrected chi connectivity index (χ2v) is 5.54. The summed E-state index contributed by atoms with van der Waals surface area (Å²) in [6.45, 7) is 0.650. The summed E-state index contributed by atoms with van der Waals surface area (Å²) < 4.78 is 0. The Hall–Kier alpha value is -1.71. The summed E-state index contributed by atoms with van der Waals surface area (Å²) in [6, 6.07) is 11.3. The van der Waals surface area contributed by atoms with Gasteiger partial charge in [0.05, 0.1) is 17.1 Å². The molecule has 5 heteroatoms. The van der Waals surface area contributed by atoms with Crippen LogP contribution in [0.3, 0.4) is 0 Å². The molecule has 2 aromatic carbocycles. The van der Waals surface area contributed by atoms with Gasteiger partial charge in [0.2, 0.25) is 5.91 Å². The molecule has 3 rings (SSSR count). The van der Waals surface area contributed by atoms with Crippen molar-refractivity contribution in [1.29, 1.82) is 0 Å². The quantitative estimate of drug-likeness (QED) is 0.896. The van der Waals surface area contributed by atoms with Crippen molar-refractivity contribution >= 4 is 40.5 Å². The highest BCUT2D eigenvalue weighted by Crippen LogP contribution is 2.33. The smallest absolute Gasteiger partial charge is 0.228 e. The maximum absolute atomic E-state index is 11.3. The Morgan fingerprint density at radius 2 is 1.90 bits per heavy atom. The predicted octanol–water partition coefficient (Wildman–Crippen LogP) is 4.10. The zero-order chi connectivity index (χ0) is 14.1. The Morgan fingerprint density at radius 1 is 1.15 bits per heavy atom. The first-order chi connectivity index (χ1) is 9.61. The molecule has 0 radical (unpaired) electrons. The monoisotopic (exact) mass is 306 g/mol. The second-order valence-electron chi connectivity index (χ2n) is 4.69. The number of benzene rings is 2. The highest BCUT2D eigenvalue weighted by atomic mass is 35.5. The van der Waals surface area contributed by atoms with Gasteiger partial charge in [-0.25, -0.2) is 0 Å². The van der Waals surface area contributed by atoms with Gasteiger partial charge < -0.3 is 10.6 Å². The number of fused-ring (bicyclic) bond motifs is 1. The third-order valence-electron chi connectivity index (χ3n) is 3.21. The number of rotatable bonds is 3. The number of carbonyl (C=O) groups is 1. The van der Waals surface area contributed by atoms with Crippen LogP contribution < -0.4 is 10.6 Å². The van der Waals surface area contributed by atoms with Crippen molar-refractivity contribution in [2.24, 2.45) is 0 Å². The molecule has 1 aliphatic heterocycles. The van der Waals surface area contributed by atoms with Crippen LogP contribution in [-0.4, -0.2) is 5.91 Å². The number of nitrogens with one attached hydrogen (secondary N) is 2. The summed E-state index contributed by atoms with van der Waals surface area (Å²) in [6.07, 6.45) is 0.405. The van der Waals surface area contributed by atoms with Gasteiger partial charge >= 0.3 is 0 Å². The highest BCUT2D eigenvalue weighted by Gasteiger charge is 2.19. The number of hydrogen-bond acceptors (Lipinski definition) is 2. The summed E-state index contributed by atoms with van der Waals surface area (Å²) in [5.41, 5.74) is 3.71. The van der Waals surface area contributed by atoms with E-state index in [2.05, 4.69) is 10.6 Å². The van der Waals surface area contributed by atoms with E-state index in [1.165, 1.54) is 0 Å². The van der Waals surface area contributed by atoms with E-state index in [-0.39, 0.29) is 5.91 Å². The lowest BCUT2D eigenvalue weighted by molar-refractivity contribution is -0.115. The van der Waals surface area contributed by atoms with Crippen molar-refractivity contribution in [3.63, 3.8) is 0 Å². The van der Waals surface area contributed by atoms with Crippen molar-refractivity contribution in [2.45, 2.75) is 13.0 Å². The molecule has 2 N–H and O–H groups in total. The molecule has 0 aromatic heterocycles. The van der Waals surface area contributed by atoms with Crippen LogP contribution in [-0.2, 0) is 17.8 Å². The molecule has 0 unspecified atom stereocenters. The van der Waals surface area contributed by atoms with Crippen LogP contribution in [0.25, 0.3) is 0 Å². The first-order valence-corrected chi connectivity index (χ1v) is 6.98. The molecule has 1 aliphatic rings. The van der Waals surface area contributed by atoms with Gasteiger partial charge in [0.25, 0.3) is 0 Å². The van der Waals surface area contributed by atoms with Crippen molar-refractivity contribution in [3.05, 3.63) is 57.6 Å². The number of anilines is 2. The molecule has 0 atom stereocenters. The molecule has 1 heterocycles. The Bertz CT molecular complexity index is 668. The minimum absolute atomic E-state index is 0.00548. The van der Waals surface area contributed by atoms with Crippen LogP contribution in [0.1, 0.15) is 11.1 Å². The predicted molar refractivity (Wildman–Crippen MR) is 82.6 cm³/mol. The summed E-state index contributed by atoms with van der Waals surface area (Å²) in [4.78, 5) is 11.3. The third-order valence-corrected chi connectivity index (χ3v) is 3.78. The molecule has 102 valence electrons. The van der Waals surface area contributed by atoms with Crippen LogP contribution >= 0.6 is 23.2 Å². The SMILES string of the molecule is O=C1Cc2cc(NCc3ccc(Cl)cc3)c(Cl)cc2N1. The molecule has 0 fully saturated rings. The van der Waals surface area contributed by atoms with E-state index >= 15 is 0 Å². The molecular weight excluding hydrogens is 295 g/mol. The first-order valence-electron chi connectivity index (χ1n) is 6.22. The molecular formula is C15H12Cl2N2O. The normalized spacial score (nSPS) is 13.0. The van der Waals surface area contributed by atoms with Crippen LogP contribution in [0.15, 0.2) is 36.4 Å². The lowest BCUT2D eigenvalue weighted by atomic mass is 10.1. The standard InChI is InChI=1S/C15H12Cl2N2O/c16-11-3-1-9(2-4-11)8-18-14-5-10-6-15(20)19-13(10)7-12(14)17/h1-5,7,18H,6,8H2,(H,19,20). The average molecular weight is 307 g/mol. The van der Waals surface area contributed by atoms with E-state index in [1.807, 2.05) is 30.3 Å². The lowest BCUT2D eigenvalue weighted by Gasteiger charge is -2.10. The maximum atomic E-state index is 11.3. The summed E-state index contributed by atoms with van der Waals surface area (Å²) in [5, 5.41) is 7.37. The van der Waals surface area contributed by atoms with Gasteiger partial charge in [0, 0.05) is 17.3 Å². The summed E-state index contributed by atoms with van der Waals surface area (Å²) in [7, 11) is 0. The molecule has 20 heavy (non-hydrogen) atoms. The van der Waals surface area contributed by atoms with E-state index in [0.29, 0.717) is 23.0 Å². The first kappa shape index (κ1) is 13.3. The van der Waals surface area contributed by atoms with Crippen LogP contribution in [0.5, 0.6) is 0 Å². The number of amides is 1. The number of carbonyl (C=O) groups excluding carboxylic acids is 1. The van der Waals surface area contributed by atoms with Gasteiger partial charge in [-0.2, -0.15) is 0 Å². The van der Waals surface area contributed by atoms with E-state index in [9.17, 15) is 4.79 Å². The zero-order valence-corrected chi connectivity index (χ0v) is 12.1. The molecule has 1 amide bonds. The molecule has 0 saturated carbocycles. The molecule has 0 spiro atoms. The Kier molecular flexibility index (Phi) is 3.55. The second kappa shape index (κ2) is 5.35. The third kappa shape index (κ3) is 2.74. The van der Waals surface area contributed by atoms with Gasteiger partial charge in [-0.15, -0.1) is 0 Å². The zero-order valence-electron chi connectivity index (χ0n) is 10.5. The van der Waals surface area contributed by atoms with Gasteiger partial charge in [-0.05, 0) is 35.4 Å². The fourth-order valence-electron chi connectivity index (χ4n) is 2.18. The van der Waals surface area contributed by atoms with Gasteiger partial charge in [-0.1, -0.05) is 35.3 Å². The molecule has 0 bridgehead atoms. The van der Waals surface area contributed by atoms with E-state index < -0.39 is 0 Å². The Balaban J connectivity index is 1.76. The summed E-state index contributed by atoms with van der Waals surface area (Å²) >= 11 is 12.1. The van der Waals surface area contributed by atoms with E-state index in [0.717, 1.165) is 22.5 Å². The van der Waals surface area contributed by atoms with Crippen molar-refractivity contribution in [2.75, 3.05) is 10.6 Å². The molecule has 2 aromatic rings.